The summed E-state index contributed by atoms with van der Waals surface area (Å²) in [6.45, 7) is 1.00. The van der Waals surface area contributed by atoms with Gasteiger partial charge in [-0.05, 0) is 25.1 Å². The molecule has 10 heteroatoms. The van der Waals surface area contributed by atoms with Crippen molar-refractivity contribution in [2.75, 3.05) is 0 Å². The van der Waals surface area contributed by atoms with E-state index in [1.807, 2.05) is 0 Å². The summed E-state index contributed by atoms with van der Waals surface area (Å²) in [7, 11) is 0. The molecule has 1 aromatic carbocycles. The fourth-order valence-corrected chi connectivity index (χ4v) is 1.60. The number of hydrogen-bond acceptors (Lipinski definition) is 2. The lowest BCUT2D eigenvalue weighted by atomic mass is 9.99. The Bertz CT molecular complexity index is 561. The summed E-state index contributed by atoms with van der Waals surface area (Å²) in [6, 6.07) is -1.12. The van der Waals surface area contributed by atoms with Crippen LogP contribution < -0.4 is 5.32 Å². The van der Waals surface area contributed by atoms with E-state index in [-0.39, 0.29) is 18.2 Å². The van der Waals surface area contributed by atoms with Crippen LogP contribution in [-0.2, 0) is 12.4 Å². The minimum atomic E-state index is -5.08. The minimum absolute atomic E-state index is 0.119. The summed E-state index contributed by atoms with van der Waals surface area (Å²) in [5, 5.41) is 10.1. The van der Waals surface area contributed by atoms with Crippen molar-refractivity contribution in [3.8, 4) is 0 Å². The summed E-state index contributed by atoms with van der Waals surface area (Å²) in [5.41, 5.74) is -4.18. The molecule has 1 amide bonds. The second-order valence-electron chi connectivity index (χ2n) is 4.33. The van der Waals surface area contributed by atoms with Gasteiger partial charge in [0.05, 0.1) is 17.2 Å². The first-order chi connectivity index (χ1) is 9.82. The molecule has 0 aromatic heterocycles. The number of amides is 1. The first-order valence-corrected chi connectivity index (χ1v) is 5.65. The van der Waals surface area contributed by atoms with E-state index in [1.165, 1.54) is 0 Å². The van der Waals surface area contributed by atoms with E-state index in [4.69, 9.17) is 5.11 Å². The molecule has 0 fully saturated rings. The molecule has 1 atom stereocenters. The van der Waals surface area contributed by atoms with Gasteiger partial charge in [-0.25, -0.2) is 4.79 Å². The molecule has 0 saturated heterocycles. The van der Waals surface area contributed by atoms with Crippen LogP contribution >= 0.6 is 0 Å². The first kappa shape index (κ1) is 17.8. The topological polar surface area (TPSA) is 66.4 Å². The Balaban J connectivity index is 3.35. The lowest BCUT2D eigenvalue weighted by molar-refractivity contribution is -0.143. The van der Waals surface area contributed by atoms with Gasteiger partial charge in [-0.15, -0.1) is 0 Å². The van der Waals surface area contributed by atoms with Crippen LogP contribution in [0.15, 0.2) is 18.2 Å². The molecule has 0 heterocycles. The SMILES string of the molecule is C[C@H](NC(=O)O)C(=O)c1cc(C(F)(F)F)cc(C(F)(F)F)c1. The molecule has 0 unspecified atom stereocenters. The summed E-state index contributed by atoms with van der Waals surface area (Å²) >= 11 is 0. The second kappa shape index (κ2) is 5.85. The van der Waals surface area contributed by atoms with Gasteiger partial charge in [0, 0.05) is 5.56 Å². The van der Waals surface area contributed by atoms with Crippen molar-refractivity contribution >= 4 is 11.9 Å². The third-order valence-electron chi connectivity index (χ3n) is 2.61. The molecule has 0 aliphatic heterocycles. The number of halogens is 6. The van der Waals surface area contributed by atoms with Gasteiger partial charge < -0.3 is 10.4 Å². The average Bonchev–Trinajstić information content (AvgIpc) is 2.34. The molecule has 0 aliphatic carbocycles. The van der Waals surface area contributed by atoms with Gasteiger partial charge in [-0.1, -0.05) is 0 Å². The van der Waals surface area contributed by atoms with Gasteiger partial charge in [-0.2, -0.15) is 26.3 Å². The van der Waals surface area contributed by atoms with E-state index in [0.29, 0.717) is 0 Å². The number of carboxylic acid groups (broad SMARTS) is 1. The number of carbonyl (C=O) groups excluding carboxylic acids is 1. The van der Waals surface area contributed by atoms with Crippen LogP contribution in [0.4, 0.5) is 31.1 Å². The molecular weight excluding hydrogens is 320 g/mol. The van der Waals surface area contributed by atoms with Crippen LogP contribution in [0.3, 0.4) is 0 Å². The quantitative estimate of drug-likeness (QED) is 0.658. The Hall–Kier alpha value is -2.26. The summed E-state index contributed by atoms with van der Waals surface area (Å²) in [5.74, 6) is -1.21. The van der Waals surface area contributed by atoms with E-state index in [2.05, 4.69) is 0 Å². The number of carbonyl (C=O) groups is 2. The monoisotopic (exact) mass is 329 g/mol. The van der Waals surface area contributed by atoms with Crippen LogP contribution in [0.2, 0.25) is 0 Å². The average molecular weight is 329 g/mol. The summed E-state index contributed by atoms with van der Waals surface area (Å²) in [4.78, 5) is 22.2. The van der Waals surface area contributed by atoms with E-state index in [0.717, 1.165) is 6.92 Å². The highest BCUT2D eigenvalue weighted by atomic mass is 19.4. The Morgan fingerprint density at radius 3 is 1.73 bits per heavy atom. The molecule has 22 heavy (non-hydrogen) atoms. The predicted molar refractivity (Wildman–Crippen MR) is 61.4 cm³/mol. The van der Waals surface area contributed by atoms with Crippen molar-refractivity contribution in [3.63, 3.8) is 0 Å². The minimum Gasteiger partial charge on any atom is -0.465 e. The van der Waals surface area contributed by atoms with Crippen LogP contribution in [-0.4, -0.2) is 23.0 Å². The zero-order chi connectivity index (χ0) is 17.3. The number of ketones is 1. The molecule has 0 saturated carbocycles. The van der Waals surface area contributed by atoms with E-state index < -0.39 is 47.0 Å². The molecule has 0 aliphatic rings. The molecule has 1 aromatic rings. The smallest absolute Gasteiger partial charge is 0.416 e. The number of nitrogens with one attached hydrogen (secondary N) is 1. The molecule has 0 radical (unpaired) electrons. The van der Waals surface area contributed by atoms with Gasteiger partial charge in [0.25, 0.3) is 0 Å². The number of benzene rings is 1. The van der Waals surface area contributed by atoms with Gasteiger partial charge in [-0.3, -0.25) is 4.79 Å². The molecule has 2 N–H and O–H groups in total. The van der Waals surface area contributed by atoms with Crippen LogP contribution in [0.5, 0.6) is 0 Å². The maximum Gasteiger partial charge on any atom is 0.416 e. The van der Waals surface area contributed by atoms with Crippen LogP contribution in [0.1, 0.15) is 28.4 Å². The zero-order valence-electron chi connectivity index (χ0n) is 10.8. The normalized spacial score (nSPS) is 13.6. The fraction of sp³-hybridized carbons (Fsp3) is 0.333. The maximum atomic E-state index is 12.6. The molecule has 122 valence electrons. The largest absolute Gasteiger partial charge is 0.465 e. The highest BCUT2D eigenvalue weighted by molar-refractivity contribution is 6.01. The Morgan fingerprint density at radius 2 is 1.41 bits per heavy atom. The van der Waals surface area contributed by atoms with Gasteiger partial charge in [0.1, 0.15) is 0 Å². The Kier molecular flexibility index (Phi) is 4.73. The third-order valence-corrected chi connectivity index (χ3v) is 2.61. The third kappa shape index (κ3) is 4.37. The lowest BCUT2D eigenvalue weighted by Gasteiger charge is -2.15. The number of alkyl halides is 6. The second-order valence-corrected chi connectivity index (χ2v) is 4.33. The number of hydrogen-bond donors (Lipinski definition) is 2. The molecule has 1 rings (SSSR count). The van der Waals surface area contributed by atoms with Gasteiger partial charge in [0.15, 0.2) is 5.78 Å². The Morgan fingerprint density at radius 1 is 1.00 bits per heavy atom. The van der Waals surface area contributed by atoms with Crippen LogP contribution in [0, 0.1) is 0 Å². The lowest BCUT2D eigenvalue weighted by Crippen LogP contribution is -2.37. The predicted octanol–water partition coefficient (Wildman–Crippen LogP) is 3.56. The van der Waals surface area contributed by atoms with Crippen molar-refractivity contribution in [1.82, 2.24) is 5.32 Å². The number of rotatable bonds is 3. The number of Topliss-reactive ketones (excluding diaryl/α,β-unsaturated/α-hetero) is 1. The van der Waals surface area contributed by atoms with Crippen molar-refractivity contribution in [2.24, 2.45) is 0 Å². The van der Waals surface area contributed by atoms with Crippen molar-refractivity contribution in [1.29, 1.82) is 0 Å². The van der Waals surface area contributed by atoms with E-state index >= 15 is 0 Å². The highest BCUT2D eigenvalue weighted by Gasteiger charge is 2.37. The van der Waals surface area contributed by atoms with Gasteiger partial charge in [0.2, 0.25) is 0 Å². The summed E-state index contributed by atoms with van der Waals surface area (Å²) < 4.78 is 75.7. The highest BCUT2D eigenvalue weighted by Crippen LogP contribution is 2.36. The molecule has 0 spiro atoms. The molecule has 4 nitrogen and oxygen atoms in total. The van der Waals surface area contributed by atoms with Crippen LogP contribution in [0.25, 0.3) is 0 Å². The standard InChI is InChI=1S/C12H9F6NO3/c1-5(19-10(21)22)9(20)6-2-7(11(13,14)15)4-8(3-6)12(16,17)18/h2-5,19H,1H3,(H,21,22)/t5-/m0/s1. The zero-order valence-corrected chi connectivity index (χ0v) is 10.8. The van der Waals surface area contributed by atoms with Crippen molar-refractivity contribution < 1.29 is 41.0 Å². The van der Waals surface area contributed by atoms with Crippen molar-refractivity contribution in [2.45, 2.75) is 25.3 Å². The fourth-order valence-electron chi connectivity index (χ4n) is 1.60. The summed E-state index contributed by atoms with van der Waals surface area (Å²) in [6.07, 6.45) is -11.8. The molecule has 0 bridgehead atoms. The molecular formula is C12H9F6NO3. The van der Waals surface area contributed by atoms with Gasteiger partial charge >= 0.3 is 18.4 Å². The Labute approximate surface area is 119 Å². The maximum absolute atomic E-state index is 12.6. The van der Waals surface area contributed by atoms with E-state index in [1.54, 1.807) is 5.32 Å². The first-order valence-electron chi connectivity index (χ1n) is 5.65. The van der Waals surface area contributed by atoms with Crippen molar-refractivity contribution in [3.05, 3.63) is 34.9 Å². The van der Waals surface area contributed by atoms with E-state index in [9.17, 15) is 35.9 Å².